The second-order valence-corrected chi connectivity index (χ2v) is 9.27. The van der Waals surface area contributed by atoms with Crippen LogP contribution in [0.1, 0.15) is 38.7 Å². The maximum absolute atomic E-state index is 11.1. The highest BCUT2D eigenvalue weighted by atomic mass is 35.5. The monoisotopic (exact) mass is 462 g/mol. The Kier molecular flexibility index (Phi) is 6.13. The third-order valence-electron chi connectivity index (χ3n) is 6.42. The number of nitrogen functional groups attached to an aromatic ring is 1. The van der Waals surface area contributed by atoms with Crippen molar-refractivity contribution < 1.29 is 4.92 Å². The first kappa shape index (κ1) is 22.8. The van der Waals surface area contributed by atoms with Gasteiger partial charge in [0, 0.05) is 41.2 Å². The zero-order valence-electron chi connectivity index (χ0n) is 19.0. The van der Waals surface area contributed by atoms with Crippen LogP contribution in [0.5, 0.6) is 0 Å². The van der Waals surface area contributed by atoms with Gasteiger partial charge in [-0.15, -0.1) is 0 Å². The summed E-state index contributed by atoms with van der Waals surface area (Å²) in [6.45, 7) is 4.48. The lowest BCUT2D eigenvalue weighted by molar-refractivity contribution is -0.383. The molecule has 0 fully saturated rings. The van der Waals surface area contributed by atoms with Gasteiger partial charge in [-0.3, -0.25) is 15.1 Å². The number of anilines is 2. The van der Waals surface area contributed by atoms with E-state index in [0.29, 0.717) is 10.7 Å². The van der Waals surface area contributed by atoms with Crippen LogP contribution >= 0.6 is 11.6 Å². The highest BCUT2D eigenvalue weighted by molar-refractivity contribution is 6.33. The Morgan fingerprint density at radius 3 is 2.67 bits per heavy atom. The largest absolute Gasteiger partial charge is 0.393 e. The molecule has 2 aromatic rings. The summed E-state index contributed by atoms with van der Waals surface area (Å²) in [7, 11) is 2.10. The topological polar surface area (TPSA) is 84.8 Å². The lowest BCUT2D eigenvalue weighted by Gasteiger charge is -2.24. The van der Waals surface area contributed by atoms with Gasteiger partial charge in [-0.25, -0.2) is 0 Å². The van der Waals surface area contributed by atoms with Crippen molar-refractivity contribution in [3.63, 3.8) is 0 Å². The van der Waals surface area contributed by atoms with Crippen LogP contribution in [-0.2, 0) is 5.41 Å². The van der Waals surface area contributed by atoms with E-state index in [1.807, 2.05) is 0 Å². The zero-order chi connectivity index (χ0) is 23.8. The molecule has 0 amide bonds. The molecule has 33 heavy (non-hydrogen) atoms. The summed E-state index contributed by atoms with van der Waals surface area (Å²) >= 11 is 6.75. The number of allylic oxidation sites excluding steroid dienone is 6. The third-order valence-corrected chi connectivity index (χ3v) is 6.90. The molecule has 2 aliphatic rings. The van der Waals surface area contributed by atoms with Gasteiger partial charge in [0.1, 0.15) is 5.69 Å². The van der Waals surface area contributed by atoms with Gasteiger partial charge in [0.25, 0.3) is 5.69 Å². The van der Waals surface area contributed by atoms with Gasteiger partial charge in [0.2, 0.25) is 0 Å². The number of nitrogens with two attached hydrogens (primary N) is 1. The molecule has 1 aliphatic carbocycles. The standard InChI is InChI=1S/C26H27ClN4O2/c1-26(2)20-9-4-5-10-22(20)30(3)24(26)14-11-17-7-6-8-18(25(17)27)16-29-19-12-13-21(28)23(15-19)31(32)33/h4-5,9-16H,6-8,28H2,1-3H3/b17-11+,24-14+,29-16?. The molecule has 0 saturated carbocycles. The Bertz CT molecular complexity index is 1240. The molecule has 6 nitrogen and oxygen atoms in total. The van der Waals surface area contributed by atoms with Crippen molar-refractivity contribution in [1.82, 2.24) is 0 Å². The Morgan fingerprint density at radius 2 is 1.94 bits per heavy atom. The predicted octanol–water partition coefficient (Wildman–Crippen LogP) is 6.79. The number of para-hydroxylation sites is 1. The van der Waals surface area contributed by atoms with E-state index < -0.39 is 4.92 Å². The van der Waals surface area contributed by atoms with E-state index in [0.717, 1.165) is 30.4 Å². The number of halogens is 1. The number of fused-ring (bicyclic) bond motifs is 1. The number of nitro groups is 1. The van der Waals surface area contributed by atoms with Crippen LogP contribution in [0.4, 0.5) is 22.7 Å². The van der Waals surface area contributed by atoms with Gasteiger partial charge in [-0.1, -0.05) is 49.7 Å². The molecule has 0 aromatic heterocycles. The molecule has 0 saturated heterocycles. The Labute approximate surface area is 198 Å². The van der Waals surface area contributed by atoms with E-state index in [2.05, 4.69) is 67.2 Å². The Balaban J connectivity index is 1.62. The fourth-order valence-electron chi connectivity index (χ4n) is 4.58. The molecular formula is C26H27ClN4O2. The molecule has 1 heterocycles. The van der Waals surface area contributed by atoms with Crippen LogP contribution in [0.2, 0.25) is 0 Å². The summed E-state index contributed by atoms with van der Waals surface area (Å²) in [6, 6.07) is 13.0. The number of rotatable bonds is 4. The average molecular weight is 463 g/mol. The molecule has 4 rings (SSSR count). The molecule has 0 bridgehead atoms. The molecule has 7 heteroatoms. The quantitative estimate of drug-likeness (QED) is 0.234. The molecule has 0 radical (unpaired) electrons. The minimum absolute atomic E-state index is 0.0958. The fourth-order valence-corrected chi connectivity index (χ4v) is 4.88. The molecule has 0 atom stereocenters. The molecular weight excluding hydrogens is 436 g/mol. The van der Waals surface area contributed by atoms with Gasteiger partial charge < -0.3 is 10.6 Å². The van der Waals surface area contributed by atoms with E-state index in [9.17, 15) is 10.1 Å². The summed E-state index contributed by atoms with van der Waals surface area (Å²) in [5.74, 6) is 0. The van der Waals surface area contributed by atoms with E-state index in [1.54, 1.807) is 12.3 Å². The Hall–Kier alpha value is -3.38. The van der Waals surface area contributed by atoms with Gasteiger partial charge in [0.15, 0.2) is 0 Å². The minimum Gasteiger partial charge on any atom is -0.393 e. The number of nitro benzene ring substituents is 1. The number of aliphatic imine (C=N–C) groups is 1. The zero-order valence-corrected chi connectivity index (χ0v) is 19.8. The molecule has 0 spiro atoms. The van der Waals surface area contributed by atoms with Gasteiger partial charge in [0.05, 0.1) is 10.6 Å². The van der Waals surface area contributed by atoms with Crippen molar-refractivity contribution in [3.05, 3.63) is 92.2 Å². The van der Waals surface area contributed by atoms with Crippen LogP contribution in [0, 0.1) is 10.1 Å². The Morgan fingerprint density at radius 1 is 1.18 bits per heavy atom. The van der Waals surface area contributed by atoms with E-state index in [-0.39, 0.29) is 16.8 Å². The van der Waals surface area contributed by atoms with Crippen LogP contribution in [-0.4, -0.2) is 18.2 Å². The smallest absolute Gasteiger partial charge is 0.294 e. The first-order chi connectivity index (χ1) is 15.7. The maximum Gasteiger partial charge on any atom is 0.294 e. The molecule has 170 valence electrons. The lowest BCUT2D eigenvalue weighted by Crippen LogP contribution is -2.22. The third kappa shape index (κ3) is 4.31. The van der Waals surface area contributed by atoms with Gasteiger partial charge in [-0.2, -0.15) is 0 Å². The number of nitrogens with zero attached hydrogens (tertiary/aromatic N) is 3. The van der Waals surface area contributed by atoms with Gasteiger partial charge >= 0.3 is 0 Å². The van der Waals surface area contributed by atoms with Crippen molar-refractivity contribution >= 4 is 40.6 Å². The molecule has 0 unspecified atom stereocenters. The average Bonchev–Trinajstić information content (AvgIpc) is 2.98. The SMILES string of the molecule is CN1/C(=C/C=C2\CCCC(C=Nc3ccc(N)c([N+](=O)[O-])c3)=C2Cl)C(C)(C)c2ccccc21. The molecule has 1 aliphatic heterocycles. The molecule has 2 N–H and O–H groups in total. The first-order valence-corrected chi connectivity index (χ1v) is 11.3. The van der Waals surface area contributed by atoms with Crippen LogP contribution in [0.25, 0.3) is 0 Å². The molecule has 2 aromatic carbocycles. The number of benzene rings is 2. The van der Waals surface area contributed by atoms with Crippen LogP contribution in [0.15, 0.2) is 81.5 Å². The lowest BCUT2D eigenvalue weighted by atomic mass is 9.83. The van der Waals surface area contributed by atoms with Crippen molar-refractivity contribution in [1.29, 1.82) is 0 Å². The second kappa shape index (κ2) is 8.87. The van der Waals surface area contributed by atoms with E-state index >= 15 is 0 Å². The predicted molar refractivity (Wildman–Crippen MR) is 136 cm³/mol. The van der Waals surface area contributed by atoms with Gasteiger partial charge in [-0.05, 0) is 60.2 Å². The highest BCUT2D eigenvalue weighted by Crippen LogP contribution is 2.46. The van der Waals surface area contributed by atoms with Crippen molar-refractivity contribution in [2.24, 2.45) is 4.99 Å². The normalized spacial score (nSPS) is 20.2. The van der Waals surface area contributed by atoms with E-state index in [1.165, 1.54) is 29.1 Å². The second-order valence-electron chi connectivity index (χ2n) is 8.90. The highest BCUT2D eigenvalue weighted by Gasteiger charge is 2.37. The van der Waals surface area contributed by atoms with Crippen LogP contribution in [0.3, 0.4) is 0 Å². The maximum atomic E-state index is 11.1. The summed E-state index contributed by atoms with van der Waals surface area (Å²) in [5.41, 5.74) is 11.8. The van der Waals surface area contributed by atoms with Crippen LogP contribution < -0.4 is 10.6 Å². The minimum atomic E-state index is -0.505. The van der Waals surface area contributed by atoms with Crippen molar-refractivity contribution in [2.45, 2.75) is 38.5 Å². The number of hydrogen-bond donors (Lipinski definition) is 1. The van der Waals surface area contributed by atoms with E-state index in [4.69, 9.17) is 17.3 Å². The number of hydrogen-bond acceptors (Lipinski definition) is 5. The fraction of sp³-hybridized carbons (Fsp3) is 0.269. The first-order valence-electron chi connectivity index (χ1n) is 10.9. The summed E-state index contributed by atoms with van der Waals surface area (Å²) < 4.78 is 0. The number of likely N-dealkylation sites (N-methyl/N-ethyl adjacent to an activating group) is 1. The summed E-state index contributed by atoms with van der Waals surface area (Å²) in [4.78, 5) is 17.3. The summed E-state index contributed by atoms with van der Waals surface area (Å²) in [5, 5.41) is 11.8. The summed E-state index contributed by atoms with van der Waals surface area (Å²) in [6.07, 6.45) is 8.66. The van der Waals surface area contributed by atoms with Crippen molar-refractivity contribution in [2.75, 3.05) is 17.7 Å². The van der Waals surface area contributed by atoms with Crippen molar-refractivity contribution in [3.8, 4) is 0 Å².